The van der Waals surface area contributed by atoms with E-state index in [0.717, 1.165) is 5.01 Å². The SMILES string of the molecule is CC(C)(C)Oc1ccc2cccc(C(N3CCC(=O)N3)C(F)(F)F)c2c1. The summed E-state index contributed by atoms with van der Waals surface area (Å²) >= 11 is 0. The maximum absolute atomic E-state index is 13.9. The molecule has 1 fully saturated rings. The summed E-state index contributed by atoms with van der Waals surface area (Å²) in [7, 11) is 0. The molecule has 2 aromatic carbocycles. The molecule has 26 heavy (non-hydrogen) atoms. The molecule has 1 amide bonds. The van der Waals surface area contributed by atoms with Crippen LogP contribution < -0.4 is 10.2 Å². The summed E-state index contributed by atoms with van der Waals surface area (Å²) in [4.78, 5) is 11.5. The summed E-state index contributed by atoms with van der Waals surface area (Å²) in [6, 6.07) is 8.02. The normalized spacial score (nSPS) is 17.4. The Bertz CT molecular complexity index is 828. The molecule has 7 heteroatoms. The maximum atomic E-state index is 13.9. The van der Waals surface area contributed by atoms with E-state index in [1.165, 1.54) is 6.07 Å². The minimum Gasteiger partial charge on any atom is -0.488 e. The lowest BCUT2D eigenvalue weighted by Gasteiger charge is -2.30. The monoisotopic (exact) mass is 366 g/mol. The molecule has 1 heterocycles. The first-order valence-electron chi connectivity index (χ1n) is 8.39. The molecule has 1 unspecified atom stereocenters. The van der Waals surface area contributed by atoms with Crippen molar-refractivity contribution in [2.75, 3.05) is 6.54 Å². The number of carbonyl (C=O) groups excluding carboxylic acids is 1. The topological polar surface area (TPSA) is 41.6 Å². The molecule has 1 aliphatic heterocycles. The van der Waals surface area contributed by atoms with E-state index in [2.05, 4.69) is 5.43 Å². The second-order valence-electron chi connectivity index (χ2n) is 7.37. The number of halogens is 3. The molecule has 0 saturated carbocycles. The van der Waals surface area contributed by atoms with Gasteiger partial charge < -0.3 is 4.74 Å². The van der Waals surface area contributed by atoms with Crippen LogP contribution in [0.2, 0.25) is 0 Å². The number of ether oxygens (including phenoxy) is 1. The highest BCUT2D eigenvalue weighted by atomic mass is 19.4. The summed E-state index contributed by atoms with van der Waals surface area (Å²) in [5, 5.41) is 2.11. The van der Waals surface area contributed by atoms with E-state index in [-0.39, 0.29) is 18.5 Å². The van der Waals surface area contributed by atoms with Crippen LogP contribution in [0.3, 0.4) is 0 Å². The highest BCUT2D eigenvalue weighted by Gasteiger charge is 2.47. The maximum Gasteiger partial charge on any atom is 0.409 e. The zero-order valence-corrected chi connectivity index (χ0v) is 14.9. The quantitative estimate of drug-likeness (QED) is 0.878. The van der Waals surface area contributed by atoms with Crippen LogP contribution in [0.5, 0.6) is 5.75 Å². The van der Waals surface area contributed by atoms with Gasteiger partial charge >= 0.3 is 6.18 Å². The van der Waals surface area contributed by atoms with Gasteiger partial charge in [-0.25, -0.2) is 5.01 Å². The molecule has 3 rings (SSSR count). The number of rotatable bonds is 3. The smallest absolute Gasteiger partial charge is 0.409 e. The van der Waals surface area contributed by atoms with Crippen molar-refractivity contribution in [3.05, 3.63) is 42.0 Å². The Morgan fingerprint density at radius 2 is 1.88 bits per heavy atom. The molecule has 140 valence electrons. The molecule has 1 aliphatic rings. The molecular formula is C19H21F3N2O2. The number of nitrogens with zero attached hydrogens (tertiary/aromatic N) is 1. The molecule has 0 bridgehead atoms. The summed E-state index contributed by atoms with van der Waals surface area (Å²) in [5.41, 5.74) is 1.95. The van der Waals surface area contributed by atoms with Crippen molar-refractivity contribution in [3.63, 3.8) is 0 Å². The average Bonchev–Trinajstić information content (AvgIpc) is 2.91. The Labute approximate surface area is 149 Å². The standard InChI is InChI=1S/C19H21F3N2O2/c1-18(2,3)26-13-8-7-12-5-4-6-14(15(12)11-13)17(19(20,21)22)24-10-9-16(25)23-24/h4-8,11,17H,9-10H2,1-3H3,(H,23,25). The van der Waals surface area contributed by atoms with Crippen LogP contribution in [0.25, 0.3) is 10.8 Å². The number of alkyl halides is 3. The van der Waals surface area contributed by atoms with Gasteiger partial charge in [-0.2, -0.15) is 13.2 Å². The molecular weight excluding hydrogens is 345 g/mol. The number of benzene rings is 2. The molecule has 1 atom stereocenters. The van der Waals surface area contributed by atoms with Gasteiger partial charge in [-0.1, -0.05) is 24.3 Å². The van der Waals surface area contributed by atoms with E-state index < -0.39 is 23.7 Å². The molecule has 0 radical (unpaired) electrons. The Hall–Kier alpha value is -2.28. The fourth-order valence-electron chi connectivity index (χ4n) is 3.14. The number of hydrogen-bond acceptors (Lipinski definition) is 3. The predicted octanol–water partition coefficient (Wildman–Crippen LogP) is 4.36. The predicted molar refractivity (Wildman–Crippen MR) is 92.6 cm³/mol. The van der Waals surface area contributed by atoms with E-state index in [1.807, 2.05) is 20.8 Å². The summed E-state index contributed by atoms with van der Waals surface area (Å²) < 4.78 is 47.4. The molecule has 0 aliphatic carbocycles. The molecule has 1 saturated heterocycles. The van der Waals surface area contributed by atoms with Crippen LogP contribution in [-0.4, -0.2) is 29.2 Å². The Kier molecular flexibility index (Phi) is 4.60. The van der Waals surface area contributed by atoms with Gasteiger partial charge in [0.2, 0.25) is 5.91 Å². The average molecular weight is 366 g/mol. The fraction of sp³-hybridized carbons (Fsp3) is 0.421. The number of hydrazine groups is 1. The number of carbonyl (C=O) groups is 1. The minimum absolute atomic E-state index is 0.0115. The van der Waals surface area contributed by atoms with E-state index in [1.54, 1.807) is 30.3 Å². The van der Waals surface area contributed by atoms with Gasteiger partial charge in [0, 0.05) is 13.0 Å². The van der Waals surface area contributed by atoms with E-state index >= 15 is 0 Å². The highest BCUT2D eigenvalue weighted by molar-refractivity contribution is 5.87. The van der Waals surface area contributed by atoms with E-state index in [9.17, 15) is 18.0 Å². The van der Waals surface area contributed by atoms with Crippen molar-refractivity contribution in [2.45, 2.75) is 45.0 Å². The van der Waals surface area contributed by atoms with Crippen LogP contribution in [-0.2, 0) is 4.79 Å². The summed E-state index contributed by atoms with van der Waals surface area (Å²) in [6.07, 6.45) is -4.48. The van der Waals surface area contributed by atoms with Gasteiger partial charge in [-0.3, -0.25) is 10.2 Å². The second kappa shape index (κ2) is 6.46. The van der Waals surface area contributed by atoms with E-state index in [4.69, 9.17) is 4.74 Å². The van der Waals surface area contributed by atoms with Crippen molar-refractivity contribution in [1.29, 1.82) is 0 Å². The van der Waals surface area contributed by atoms with Crippen LogP contribution in [0, 0.1) is 0 Å². The lowest BCUT2D eigenvalue weighted by molar-refractivity contribution is -0.190. The number of hydrogen-bond donors (Lipinski definition) is 1. The summed E-state index contributed by atoms with van der Waals surface area (Å²) in [6.45, 7) is 5.64. The van der Waals surface area contributed by atoms with Crippen molar-refractivity contribution >= 4 is 16.7 Å². The van der Waals surface area contributed by atoms with Crippen LogP contribution in [0.1, 0.15) is 38.8 Å². The molecule has 2 aromatic rings. The van der Waals surface area contributed by atoms with Crippen molar-refractivity contribution in [1.82, 2.24) is 10.4 Å². The molecule has 1 N–H and O–H groups in total. The lowest BCUT2D eigenvalue weighted by Crippen LogP contribution is -2.43. The zero-order valence-electron chi connectivity index (χ0n) is 14.9. The molecule has 0 aromatic heterocycles. The Balaban J connectivity index is 2.11. The van der Waals surface area contributed by atoms with Gasteiger partial charge in [-0.15, -0.1) is 0 Å². The minimum atomic E-state index is -4.53. The molecule has 0 spiro atoms. The number of fused-ring (bicyclic) bond motifs is 1. The lowest BCUT2D eigenvalue weighted by atomic mass is 9.97. The van der Waals surface area contributed by atoms with Crippen molar-refractivity contribution in [2.24, 2.45) is 0 Å². The third kappa shape index (κ3) is 3.93. The number of nitrogens with one attached hydrogen (secondary N) is 1. The highest BCUT2D eigenvalue weighted by Crippen LogP contribution is 2.41. The first-order chi connectivity index (χ1) is 12.0. The largest absolute Gasteiger partial charge is 0.488 e. The van der Waals surface area contributed by atoms with Gasteiger partial charge in [0.15, 0.2) is 6.04 Å². The van der Waals surface area contributed by atoms with Crippen LogP contribution >= 0.6 is 0 Å². The van der Waals surface area contributed by atoms with Gasteiger partial charge in [0.05, 0.1) is 0 Å². The first kappa shape index (κ1) is 18.5. The zero-order chi connectivity index (χ0) is 19.1. The van der Waals surface area contributed by atoms with Crippen LogP contribution in [0.4, 0.5) is 13.2 Å². The second-order valence-corrected chi connectivity index (χ2v) is 7.37. The molecule has 4 nitrogen and oxygen atoms in total. The van der Waals surface area contributed by atoms with Gasteiger partial charge in [0.1, 0.15) is 11.4 Å². The first-order valence-corrected chi connectivity index (χ1v) is 8.39. The fourth-order valence-corrected chi connectivity index (χ4v) is 3.14. The van der Waals surface area contributed by atoms with E-state index in [0.29, 0.717) is 16.5 Å². The van der Waals surface area contributed by atoms with Crippen molar-refractivity contribution < 1.29 is 22.7 Å². The Morgan fingerprint density at radius 3 is 2.46 bits per heavy atom. The third-order valence-electron chi connectivity index (χ3n) is 4.08. The third-order valence-corrected chi connectivity index (χ3v) is 4.08. The Morgan fingerprint density at radius 1 is 1.15 bits per heavy atom. The summed E-state index contributed by atoms with van der Waals surface area (Å²) in [5.74, 6) is 0.0973. The van der Waals surface area contributed by atoms with Gasteiger partial charge in [0.25, 0.3) is 0 Å². The van der Waals surface area contributed by atoms with Crippen molar-refractivity contribution in [3.8, 4) is 5.75 Å². The van der Waals surface area contributed by atoms with Crippen LogP contribution in [0.15, 0.2) is 36.4 Å². The number of amides is 1. The van der Waals surface area contributed by atoms with Gasteiger partial charge in [-0.05, 0) is 49.2 Å².